The van der Waals surface area contributed by atoms with Crippen LogP contribution in [0.15, 0.2) is 28.9 Å². The van der Waals surface area contributed by atoms with Crippen molar-refractivity contribution < 1.29 is 18.7 Å². The number of fused-ring (bicyclic) bond motifs is 1. The van der Waals surface area contributed by atoms with E-state index < -0.39 is 0 Å². The molecule has 0 aliphatic rings. The number of nitrogens with one attached hydrogen (secondary N) is 1. The number of rotatable bonds is 6. The minimum Gasteiger partial charge on any atom is -0.493 e. The van der Waals surface area contributed by atoms with Crippen molar-refractivity contribution in [3.63, 3.8) is 0 Å². The average Bonchev–Trinajstić information content (AvgIpc) is 2.87. The predicted molar refractivity (Wildman–Crippen MR) is 71.6 cm³/mol. The molecule has 5 nitrogen and oxygen atoms in total. The molecule has 0 fully saturated rings. The lowest BCUT2D eigenvalue weighted by Gasteiger charge is -2.08. The van der Waals surface area contributed by atoms with Gasteiger partial charge in [-0.15, -0.1) is 0 Å². The highest BCUT2D eigenvalue weighted by Gasteiger charge is 2.12. The first-order valence-corrected chi connectivity index (χ1v) is 6.17. The van der Waals surface area contributed by atoms with E-state index in [1.165, 1.54) is 0 Å². The summed E-state index contributed by atoms with van der Waals surface area (Å²) in [5.74, 6) is 0.488. The number of methoxy groups -OCH3 is 1. The molecule has 0 radical (unpaired) electrons. The van der Waals surface area contributed by atoms with Crippen LogP contribution in [0, 0.1) is 0 Å². The summed E-state index contributed by atoms with van der Waals surface area (Å²) < 4.78 is 15.8. The van der Waals surface area contributed by atoms with Crippen molar-refractivity contribution in [2.75, 3.05) is 26.9 Å². The van der Waals surface area contributed by atoms with Crippen LogP contribution in [-0.4, -0.2) is 32.8 Å². The standard InChI is InChI=1S/C14H17NO4/c1-3-18-12-8-10(14(16)15-5-7-17-2)9-13-11(12)4-6-19-13/h4,6,8-9H,3,5,7H2,1-2H3,(H,15,16). The Hall–Kier alpha value is -2.01. The Kier molecular flexibility index (Phi) is 4.41. The summed E-state index contributed by atoms with van der Waals surface area (Å²) in [5.41, 5.74) is 1.16. The third-order valence-electron chi connectivity index (χ3n) is 2.69. The van der Waals surface area contributed by atoms with Gasteiger partial charge in [0.05, 0.1) is 24.9 Å². The number of hydrogen-bond acceptors (Lipinski definition) is 4. The quantitative estimate of drug-likeness (QED) is 0.812. The van der Waals surface area contributed by atoms with E-state index in [2.05, 4.69) is 5.32 Å². The maximum atomic E-state index is 12.0. The summed E-state index contributed by atoms with van der Waals surface area (Å²) in [5, 5.41) is 3.64. The zero-order valence-electron chi connectivity index (χ0n) is 11.1. The van der Waals surface area contributed by atoms with Crippen LogP contribution in [0.25, 0.3) is 11.0 Å². The molecule has 0 aliphatic heterocycles. The van der Waals surface area contributed by atoms with E-state index in [0.29, 0.717) is 36.7 Å². The number of hydrogen-bond donors (Lipinski definition) is 1. The summed E-state index contributed by atoms with van der Waals surface area (Å²) in [6.45, 7) is 3.38. The van der Waals surface area contributed by atoms with Crippen LogP contribution in [0.4, 0.5) is 0 Å². The van der Waals surface area contributed by atoms with Crippen molar-refractivity contribution in [3.8, 4) is 5.75 Å². The zero-order chi connectivity index (χ0) is 13.7. The molecule has 0 unspecified atom stereocenters. The van der Waals surface area contributed by atoms with E-state index in [4.69, 9.17) is 13.9 Å². The molecular formula is C14H17NO4. The lowest BCUT2D eigenvalue weighted by Crippen LogP contribution is -2.26. The van der Waals surface area contributed by atoms with Gasteiger partial charge in [0.2, 0.25) is 0 Å². The Morgan fingerprint density at radius 1 is 1.42 bits per heavy atom. The van der Waals surface area contributed by atoms with Crippen molar-refractivity contribution >= 4 is 16.9 Å². The molecule has 1 amide bonds. The topological polar surface area (TPSA) is 60.7 Å². The van der Waals surface area contributed by atoms with Crippen molar-refractivity contribution in [2.45, 2.75) is 6.92 Å². The van der Waals surface area contributed by atoms with Gasteiger partial charge >= 0.3 is 0 Å². The Balaban J connectivity index is 2.25. The zero-order valence-corrected chi connectivity index (χ0v) is 11.1. The van der Waals surface area contributed by atoms with Crippen molar-refractivity contribution in [3.05, 3.63) is 30.0 Å². The van der Waals surface area contributed by atoms with Crippen LogP contribution in [0.1, 0.15) is 17.3 Å². The molecule has 0 atom stereocenters. The minimum absolute atomic E-state index is 0.170. The van der Waals surface area contributed by atoms with E-state index in [1.807, 2.05) is 13.0 Å². The van der Waals surface area contributed by atoms with Gasteiger partial charge in [-0.3, -0.25) is 4.79 Å². The van der Waals surface area contributed by atoms with Gasteiger partial charge in [-0.1, -0.05) is 0 Å². The molecule has 0 saturated heterocycles. The second-order valence-electron chi connectivity index (χ2n) is 3.99. The molecule has 2 rings (SSSR count). The fraction of sp³-hybridized carbons (Fsp3) is 0.357. The Morgan fingerprint density at radius 2 is 2.26 bits per heavy atom. The molecule has 19 heavy (non-hydrogen) atoms. The molecule has 0 bridgehead atoms. The van der Waals surface area contributed by atoms with E-state index in [-0.39, 0.29) is 5.91 Å². The highest BCUT2D eigenvalue weighted by molar-refractivity contribution is 5.99. The van der Waals surface area contributed by atoms with Crippen LogP contribution in [-0.2, 0) is 4.74 Å². The van der Waals surface area contributed by atoms with Gasteiger partial charge < -0.3 is 19.2 Å². The van der Waals surface area contributed by atoms with E-state index in [0.717, 1.165) is 5.39 Å². The normalized spacial score (nSPS) is 10.6. The fourth-order valence-corrected chi connectivity index (χ4v) is 1.81. The average molecular weight is 263 g/mol. The summed E-state index contributed by atoms with van der Waals surface area (Å²) in [6, 6.07) is 5.26. The van der Waals surface area contributed by atoms with Gasteiger partial charge in [-0.05, 0) is 25.1 Å². The molecule has 2 aromatic rings. The summed E-state index contributed by atoms with van der Waals surface area (Å²) in [4.78, 5) is 12.0. The smallest absolute Gasteiger partial charge is 0.251 e. The number of carbonyl (C=O) groups is 1. The molecular weight excluding hydrogens is 246 g/mol. The van der Waals surface area contributed by atoms with Crippen LogP contribution in [0.2, 0.25) is 0 Å². The summed E-state index contributed by atoms with van der Waals surface area (Å²) >= 11 is 0. The number of furan rings is 1. The van der Waals surface area contributed by atoms with E-state index in [1.54, 1.807) is 25.5 Å². The highest BCUT2D eigenvalue weighted by atomic mass is 16.5. The molecule has 0 spiro atoms. The lowest BCUT2D eigenvalue weighted by atomic mass is 10.1. The second kappa shape index (κ2) is 6.24. The minimum atomic E-state index is -0.170. The Bertz CT molecular complexity index is 562. The molecule has 0 saturated carbocycles. The SMILES string of the molecule is CCOc1cc(C(=O)NCCOC)cc2occc12. The fourth-order valence-electron chi connectivity index (χ4n) is 1.81. The van der Waals surface area contributed by atoms with Crippen LogP contribution >= 0.6 is 0 Å². The third kappa shape index (κ3) is 3.06. The number of ether oxygens (including phenoxy) is 2. The van der Waals surface area contributed by atoms with Crippen LogP contribution in [0.3, 0.4) is 0 Å². The van der Waals surface area contributed by atoms with E-state index in [9.17, 15) is 4.79 Å². The number of carbonyl (C=O) groups excluding carboxylic acids is 1. The van der Waals surface area contributed by atoms with Gasteiger partial charge in [0.1, 0.15) is 11.3 Å². The first-order chi connectivity index (χ1) is 9.26. The maximum Gasteiger partial charge on any atom is 0.251 e. The number of benzene rings is 1. The molecule has 1 heterocycles. The van der Waals surface area contributed by atoms with Crippen LogP contribution < -0.4 is 10.1 Å². The van der Waals surface area contributed by atoms with Gasteiger partial charge in [0, 0.05) is 19.2 Å². The highest BCUT2D eigenvalue weighted by Crippen LogP contribution is 2.28. The number of amides is 1. The molecule has 102 valence electrons. The molecule has 1 N–H and O–H groups in total. The predicted octanol–water partition coefficient (Wildman–Crippen LogP) is 2.21. The summed E-state index contributed by atoms with van der Waals surface area (Å²) in [6.07, 6.45) is 1.58. The lowest BCUT2D eigenvalue weighted by molar-refractivity contribution is 0.0936. The van der Waals surface area contributed by atoms with Crippen molar-refractivity contribution in [2.24, 2.45) is 0 Å². The van der Waals surface area contributed by atoms with Gasteiger partial charge in [0.15, 0.2) is 0 Å². The van der Waals surface area contributed by atoms with Gasteiger partial charge in [0.25, 0.3) is 5.91 Å². The largest absolute Gasteiger partial charge is 0.493 e. The van der Waals surface area contributed by atoms with E-state index >= 15 is 0 Å². The van der Waals surface area contributed by atoms with Crippen LogP contribution in [0.5, 0.6) is 5.75 Å². The van der Waals surface area contributed by atoms with Gasteiger partial charge in [-0.25, -0.2) is 0 Å². The van der Waals surface area contributed by atoms with Gasteiger partial charge in [-0.2, -0.15) is 0 Å². The first kappa shape index (κ1) is 13.4. The summed E-state index contributed by atoms with van der Waals surface area (Å²) in [7, 11) is 1.59. The Morgan fingerprint density at radius 3 is 3.00 bits per heavy atom. The molecule has 1 aromatic heterocycles. The van der Waals surface area contributed by atoms with Crippen molar-refractivity contribution in [1.82, 2.24) is 5.32 Å². The molecule has 1 aromatic carbocycles. The first-order valence-electron chi connectivity index (χ1n) is 6.17. The molecule has 5 heteroatoms. The Labute approximate surface area is 111 Å². The second-order valence-corrected chi connectivity index (χ2v) is 3.99. The van der Waals surface area contributed by atoms with Crippen molar-refractivity contribution in [1.29, 1.82) is 0 Å². The third-order valence-corrected chi connectivity index (χ3v) is 2.69. The molecule has 0 aliphatic carbocycles. The monoisotopic (exact) mass is 263 g/mol. The maximum absolute atomic E-state index is 12.0.